The summed E-state index contributed by atoms with van der Waals surface area (Å²) >= 11 is 6.19. The Morgan fingerprint density at radius 2 is 1.85 bits per heavy atom. The van der Waals surface area contributed by atoms with E-state index >= 15 is 0 Å². The van der Waals surface area contributed by atoms with Crippen LogP contribution in [0.3, 0.4) is 0 Å². The van der Waals surface area contributed by atoms with Crippen LogP contribution >= 0.6 is 11.6 Å². The van der Waals surface area contributed by atoms with Gasteiger partial charge in [-0.2, -0.15) is 0 Å². The van der Waals surface area contributed by atoms with E-state index in [1.54, 1.807) is 0 Å². The fourth-order valence-corrected chi connectivity index (χ4v) is 2.73. The standard InChI is InChI=1S/C17H25ClO2/c1-5-10-19-16-14(18)11-15(16)20-13-8-6-12(7-9-13)17(2,3)4/h6-9,14-16H,5,10-11H2,1-4H3. The van der Waals surface area contributed by atoms with Crippen molar-refractivity contribution < 1.29 is 9.47 Å². The zero-order chi connectivity index (χ0) is 14.8. The molecule has 1 aromatic rings. The van der Waals surface area contributed by atoms with Crippen LogP contribution in [-0.4, -0.2) is 24.2 Å². The summed E-state index contributed by atoms with van der Waals surface area (Å²) in [7, 11) is 0. The summed E-state index contributed by atoms with van der Waals surface area (Å²) < 4.78 is 11.7. The smallest absolute Gasteiger partial charge is 0.128 e. The molecule has 0 bridgehead atoms. The van der Waals surface area contributed by atoms with Crippen molar-refractivity contribution >= 4 is 11.6 Å². The molecule has 0 aliphatic heterocycles. The Morgan fingerprint density at radius 1 is 1.20 bits per heavy atom. The van der Waals surface area contributed by atoms with Gasteiger partial charge in [0.05, 0.1) is 5.38 Å². The zero-order valence-corrected chi connectivity index (χ0v) is 13.6. The van der Waals surface area contributed by atoms with E-state index in [9.17, 15) is 0 Å². The Balaban J connectivity index is 1.93. The van der Waals surface area contributed by atoms with Gasteiger partial charge in [-0.05, 0) is 29.5 Å². The molecule has 0 radical (unpaired) electrons. The lowest BCUT2D eigenvalue weighted by Gasteiger charge is -2.40. The lowest BCUT2D eigenvalue weighted by Crippen LogP contribution is -2.52. The van der Waals surface area contributed by atoms with Crippen molar-refractivity contribution in [2.45, 2.75) is 63.5 Å². The highest BCUT2D eigenvalue weighted by atomic mass is 35.5. The highest BCUT2D eigenvalue weighted by Crippen LogP contribution is 2.33. The van der Waals surface area contributed by atoms with Crippen molar-refractivity contribution in [3.63, 3.8) is 0 Å². The molecule has 0 N–H and O–H groups in total. The summed E-state index contributed by atoms with van der Waals surface area (Å²) in [6, 6.07) is 8.35. The quantitative estimate of drug-likeness (QED) is 0.743. The molecular weight excluding hydrogens is 272 g/mol. The minimum absolute atomic E-state index is 0.0268. The first kappa shape index (κ1) is 15.7. The van der Waals surface area contributed by atoms with Crippen molar-refractivity contribution in [3.05, 3.63) is 29.8 Å². The van der Waals surface area contributed by atoms with Crippen LogP contribution in [0.15, 0.2) is 24.3 Å². The number of hydrogen-bond donors (Lipinski definition) is 0. The molecule has 3 unspecified atom stereocenters. The minimum Gasteiger partial charge on any atom is -0.488 e. The normalized spacial score (nSPS) is 26.1. The first-order valence-electron chi connectivity index (χ1n) is 7.44. The molecule has 0 heterocycles. The van der Waals surface area contributed by atoms with Gasteiger partial charge in [0.1, 0.15) is 18.0 Å². The Labute approximate surface area is 127 Å². The van der Waals surface area contributed by atoms with Crippen LogP contribution in [0.1, 0.15) is 46.1 Å². The van der Waals surface area contributed by atoms with E-state index in [1.165, 1.54) is 5.56 Å². The molecule has 1 aromatic carbocycles. The Morgan fingerprint density at radius 3 is 2.35 bits per heavy atom. The maximum absolute atomic E-state index is 6.19. The molecule has 0 spiro atoms. The lowest BCUT2D eigenvalue weighted by molar-refractivity contribution is -0.0797. The molecule has 112 valence electrons. The Hall–Kier alpha value is -0.730. The monoisotopic (exact) mass is 296 g/mol. The second kappa shape index (κ2) is 6.36. The van der Waals surface area contributed by atoms with Gasteiger partial charge in [-0.3, -0.25) is 0 Å². The Kier molecular flexibility index (Phi) is 4.98. The number of benzene rings is 1. The number of rotatable bonds is 5. The van der Waals surface area contributed by atoms with Gasteiger partial charge in [0.25, 0.3) is 0 Å². The van der Waals surface area contributed by atoms with Gasteiger partial charge in [-0.15, -0.1) is 11.6 Å². The first-order chi connectivity index (χ1) is 9.41. The third kappa shape index (κ3) is 3.67. The van der Waals surface area contributed by atoms with Gasteiger partial charge in [0.2, 0.25) is 0 Å². The van der Waals surface area contributed by atoms with E-state index in [-0.39, 0.29) is 23.0 Å². The highest BCUT2D eigenvalue weighted by Gasteiger charge is 2.42. The van der Waals surface area contributed by atoms with Crippen molar-refractivity contribution in [1.82, 2.24) is 0 Å². The van der Waals surface area contributed by atoms with E-state index in [0.717, 1.165) is 25.2 Å². The number of alkyl halides is 1. The maximum atomic E-state index is 6.19. The lowest BCUT2D eigenvalue weighted by atomic mass is 9.87. The van der Waals surface area contributed by atoms with Crippen LogP contribution in [0.25, 0.3) is 0 Å². The molecule has 3 atom stereocenters. The van der Waals surface area contributed by atoms with Crippen LogP contribution in [0.2, 0.25) is 0 Å². The van der Waals surface area contributed by atoms with Crippen molar-refractivity contribution in [1.29, 1.82) is 0 Å². The van der Waals surface area contributed by atoms with Crippen LogP contribution in [0.4, 0.5) is 0 Å². The second-order valence-corrected chi connectivity index (χ2v) is 7.08. The molecule has 3 heteroatoms. The van der Waals surface area contributed by atoms with Crippen LogP contribution in [-0.2, 0) is 10.2 Å². The summed E-state index contributed by atoms with van der Waals surface area (Å²) in [5, 5.41) is 0.0837. The van der Waals surface area contributed by atoms with Gasteiger partial charge in [0.15, 0.2) is 0 Å². The summed E-state index contributed by atoms with van der Waals surface area (Å²) in [5.74, 6) is 0.900. The van der Waals surface area contributed by atoms with Gasteiger partial charge in [-0.25, -0.2) is 0 Å². The van der Waals surface area contributed by atoms with E-state index in [4.69, 9.17) is 21.1 Å². The topological polar surface area (TPSA) is 18.5 Å². The largest absolute Gasteiger partial charge is 0.488 e. The molecule has 20 heavy (non-hydrogen) atoms. The molecule has 1 saturated carbocycles. The third-order valence-electron chi connectivity index (χ3n) is 3.70. The number of halogens is 1. The fourth-order valence-electron chi connectivity index (χ4n) is 2.32. The molecule has 1 aliphatic carbocycles. The second-order valence-electron chi connectivity index (χ2n) is 6.52. The number of hydrogen-bond acceptors (Lipinski definition) is 2. The van der Waals surface area contributed by atoms with E-state index in [1.807, 2.05) is 12.1 Å². The van der Waals surface area contributed by atoms with E-state index in [0.29, 0.717) is 0 Å². The van der Waals surface area contributed by atoms with Crippen molar-refractivity contribution in [3.8, 4) is 5.75 Å². The Bertz CT molecular complexity index is 422. The van der Waals surface area contributed by atoms with Crippen molar-refractivity contribution in [2.24, 2.45) is 0 Å². The number of ether oxygens (including phenoxy) is 2. The average Bonchev–Trinajstić information content (AvgIpc) is 2.38. The molecular formula is C17H25ClO2. The first-order valence-corrected chi connectivity index (χ1v) is 7.88. The molecule has 1 aliphatic rings. The molecule has 0 aromatic heterocycles. The van der Waals surface area contributed by atoms with Gasteiger partial charge in [0, 0.05) is 13.0 Å². The maximum Gasteiger partial charge on any atom is 0.128 e. The molecule has 0 amide bonds. The van der Waals surface area contributed by atoms with Crippen molar-refractivity contribution in [2.75, 3.05) is 6.61 Å². The van der Waals surface area contributed by atoms with Crippen LogP contribution in [0, 0.1) is 0 Å². The third-order valence-corrected chi connectivity index (χ3v) is 4.13. The van der Waals surface area contributed by atoms with Crippen LogP contribution < -0.4 is 4.74 Å². The molecule has 1 fully saturated rings. The predicted octanol–water partition coefficient (Wildman–Crippen LogP) is 4.54. The summed E-state index contributed by atoms with van der Waals surface area (Å²) in [4.78, 5) is 0. The van der Waals surface area contributed by atoms with Gasteiger partial charge >= 0.3 is 0 Å². The molecule has 0 saturated heterocycles. The van der Waals surface area contributed by atoms with Gasteiger partial charge in [-0.1, -0.05) is 39.8 Å². The summed E-state index contributed by atoms with van der Waals surface area (Å²) in [5.41, 5.74) is 1.48. The zero-order valence-electron chi connectivity index (χ0n) is 12.9. The van der Waals surface area contributed by atoms with E-state index < -0.39 is 0 Å². The minimum atomic E-state index is 0.0268. The average molecular weight is 297 g/mol. The highest BCUT2D eigenvalue weighted by molar-refractivity contribution is 6.21. The molecule has 2 rings (SSSR count). The summed E-state index contributed by atoms with van der Waals surface area (Å²) in [6.45, 7) is 9.48. The molecule has 2 nitrogen and oxygen atoms in total. The fraction of sp³-hybridized carbons (Fsp3) is 0.647. The van der Waals surface area contributed by atoms with Gasteiger partial charge < -0.3 is 9.47 Å². The predicted molar refractivity (Wildman–Crippen MR) is 83.8 cm³/mol. The SMILES string of the molecule is CCCOC1C(Cl)CC1Oc1ccc(C(C)(C)C)cc1. The van der Waals surface area contributed by atoms with E-state index in [2.05, 4.69) is 39.8 Å². The summed E-state index contributed by atoms with van der Waals surface area (Å²) in [6.07, 6.45) is 1.98. The van der Waals surface area contributed by atoms with Crippen LogP contribution in [0.5, 0.6) is 5.75 Å².